The van der Waals surface area contributed by atoms with Crippen LogP contribution < -0.4 is 5.73 Å². The van der Waals surface area contributed by atoms with Crippen molar-refractivity contribution in [2.75, 3.05) is 31.9 Å². The third kappa shape index (κ3) is 3.09. The van der Waals surface area contributed by atoms with Crippen LogP contribution in [0.1, 0.15) is 24.2 Å². The molecule has 0 radical (unpaired) electrons. The molecular weight excluding hydrogens is 306 g/mol. The highest BCUT2D eigenvalue weighted by Crippen LogP contribution is 2.21. The highest BCUT2D eigenvalue weighted by atomic mass is 79.9. The number of rotatable bonds is 2. The Balaban J connectivity index is 2.12. The second-order valence-electron chi connectivity index (χ2n) is 4.96. The molecule has 0 bridgehead atoms. The van der Waals surface area contributed by atoms with E-state index >= 15 is 0 Å². The van der Waals surface area contributed by atoms with Gasteiger partial charge in [-0.2, -0.15) is 0 Å². The van der Waals surface area contributed by atoms with Crippen LogP contribution in [0.2, 0.25) is 0 Å². The summed E-state index contributed by atoms with van der Waals surface area (Å²) in [6.07, 6.45) is 0. The number of benzene rings is 1. The van der Waals surface area contributed by atoms with Crippen molar-refractivity contribution in [3.8, 4) is 0 Å². The van der Waals surface area contributed by atoms with E-state index in [0.717, 1.165) is 30.7 Å². The Labute approximate surface area is 122 Å². The number of carbonyl (C=O) groups excluding carboxylic acids is 1. The molecule has 104 valence electrons. The van der Waals surface area contributed by atoms with Crippen LogP contribution in [0.3, 0.4) is 0 Å². The first kappa shape index (κ1) is 14.3. The predicted molar refractivity (Wildman–Crippen MR) is 81.2 cm³/mol. The first-order chi connectivity index (χ1) is 9.02. The zero-order valence-corrected chi connectivity index (χ0v) is 13.0. The molecule has 2 rings (SSSR count). The van der Waals surface area contributed by atoms with Crippen molar-refractivity contribution < 1.29 is 4.79 Å². The Hall–Kier alpha value is -1.07. The SMILES string of the molecule is CCN1CCN(C(=O)c2ccc(Br)cc2N)CC1C. The van der Waals surface area contributed by atoms with Crippen LogP contribution in [-0.2, 0) is 0 Å². The van der Waals surface area contributed by atoms with Gasteiger partial charge in [-0.25, -0.2) is 0 Å². The van der Waals surface area contributed by atoms with Crippen molar-refractivity contribution in [1.82, 2.24) is 9.80 Å². The summed E-state index contributed by atoms with van der Waals surface area (Å²) in [4.78, 5) is 16.8. The van der Waals surface area contributed by atoms with Crippen LogP contribution in [0.25, 0.3) is 0 Å². The molecular formula is C14H20BrN3O. The smallest absolute Gasteiger partial charge is 0.256 e. The van der Waals surface area contributed by atoms with Crippen LogP contribution in [0.4, 0.5) is 5.69 Å². The van der Waals surface area contributed by atoms with Crippen molar-refractivity contribution in [3.05, 3.63) is 28.2 Å². The fourth-order valence-electron chi connectivity index (χ4n) is 2.55. The summed E-state index contributed by atoms with van der Waals surface area (Å²) in [5.74, 6) is 0.0348. The van der Waals surface area contributed by atoms with E-state index in [1.165, 1.54) is 0 Å². The minimum Gasteiger partial charge on any atom is -0.398 e. The molecule has 1 saturated heterocycles. The van der Waals surface area contributed by atoms with Crippen molar-refractivity contribution in [2.24, 2.45) is 0 Å². The molecule has 1 amide bonds. The number of nitrogens with two attached hydrogens (primary N) is 1. The Kier molecular flexibility index (Phi) is 4.47. The average molecular weight is 326 g/mol. The normalized spacial score (nSPS) is 20.6. The van der Waals surface area contributed by atoms with Crippen molar-refractivity contribution in [3.63, 3.8) is 0 Å². The van der Waals surface area contributed by atoms with Gasteiger partial charge in [0.05, 0.1) is 5.56 Å². The molecule has 0 spiro atoms. The molecule has 0 aliphatic carbocycles. The molecule has 1 fully saturated rings. The van der Waals surface area contributed by atoms with E-state index in [1.54, 1.807) is 12.1 Å². The van der Waals surface area contributed by atoms with Gasteiger partial charge in [0, 0.05) is 35.8 Å². The molecule has 5 heteroatoms. The summed E-state index contributed by atoms with van der Waals surface area (Å²) in [5, 5.41) is 0. The quantitative estimate of drug-likeness (QED) is 0.848. The fourth-order valence-corrected chi connectivity index (χ4v) is 2.93. The van der Waals surface area contributed by atoms with E-state index in [0.29, 0.717) is 17.3 Å². The van der Waals surface area contributed by atoms with E-state index in [1.807, 2.05) is 11.0 Å². The van der Waals surface area contributed by atoms with Gasteiger partial charge in [-0.1, -0.05) is 22.9 Å². The lowest BCUT2D eigenvalue weighted by atomic mass is 10.1. The predicted octanol–water partition coefficient (Wildman–Crippen LogP) is 2.20. The lowest BCUT2D eigenvalue weighted by molar-refractivity contribution is 0.0529. The van der Waals surface area contributed by atoms with Crippen LogP contribution in [0.5, 0.6) is 0 Å². The number of halogens is 1. The van der Waals surface area contributed by atoms with Crippen LogP contribution in [0.15, 0.2) is 22.7 Å². The second-order valence-corrected chi connectivity index (χ2v) is 5.88. The van der Waals surface area contributed by atoms with E-state index < -0.39 is 0 Å². The van der Waals surface area contributed by atoms with Crippen LogP contribution in [0, 0.1) is 0 Å². The third-order valence-electron chi connectivity index (χ3n) is 3.70. The van der Waals surface area contributed by atoms with Gasteiger partial charge < -0.3 is 10.6 Å². The Morgan fingerprint density at radius 2 is 2.21 bits per heavy atom. The molecule has 0 saturated carbocycles. The molecule has 2 N–H and O–H groups in total. The molecule has 1 aromatic rings. The Morgan fingerprint density at radius 1 is 1.47 bits per heavy atom. The average Bonchev–Trinajstić information content (AvgIpc) is 2.38. The van der Waals surface area contributed by atoms with E-state index in [4.69, 9.17) is 5.73 Å². The first-order valence-electron chi connectivity index (χ1n) is 6.61. The number of piperazine rings is 1. The van der Waals surface area contributed by atoms with E-state index in [-0.39, 0.29) is 5.91 Å². The molecule has 1 aromatic carbocycles. The van der Waals surface area contributed by atoms with Crippen molar-refractivity contribution in [1.29, 1.82) is 0 Å². The minimum atomic E-state index is 0.0348. The van der Waals surface area contributed by atoms with Gasteiger partial charge in [0.2, 0.25) is 0 Å². The highest BCUT2D eigenvalue weighted by molar-refractivity contribution is 9.10. The van der Waals surface area contributed by atoms with Crippen LogP contribution >= 0.6 is 15.9 Å². The molecule has 19 heavy (non-hydrogen) atoms. The summed E-state index contributed by atoms with van der Waals surface area (Å²) in [5.41, 5.74) is 7.06. The van der Waals surface area contributed by atoms with Gasteiger partial charge in [0.15, 0.2) is 0 Å². The largest absolute Gasteiger partial charge is 0.398 e. The lowest BCUT2D eigenvalue weighted by Crippen LogP contribution is -2.53. The summed E-state index contributed by atoms with van der Waals surface area (Å²) >= 11 is 3.36. The van der Waals surface area contributed by atoms with E-state index in [9.17, 15) is 4.79 Å². The third-order valence-corrected chi connectivity index (χ3v) is 4.20. The maximum absolute atomic E-state index is 12.5. The number of nitrogens with zero attached hydrogens (tertiary/aromatic N) is 2. The molecule has 4 nitrogen and oxygen atoms in total. The number of carbonyl (C=O) groups is 1. The van der Waals surface area contributed by atoms with Gasteiger partial charge in [-0.15, -0.1) is 0 Å². The van der Waals surface area contributed by atoms with Crippen molar-refractivity contribution >= 4 is 27.5 Å². The number of likely N-dealkylation sites (N-methyl/N-ethyl adjacent to an activating group) is 1. The number of hydrogen-bond acceptors (Lipinski definition) is 3. The topological polar surface area (TPSA) is 49.6 Å². The van der Waals surface area contributed by atoms with Gasteiger partial charge in [-0.3, -0.25) is 9.69 Å². The number of amides is 1. The number of nitrogen functional groups attached to an aromatic ring is 1. The summed E-state index contributed by atoms with van der Waals surface area (Å²) in [6.45, 7) is 7.81. The van der Waals surface area contributed by atoms with Gasteiger partial charge in [0.25, 0.3) is 5.91 Å². The Bertz CT molecular complexity index is 478. The summed E-state index contributed by atoms with van der Waals surface area (Å²) < 4.78 is 0.894. The van der Waals surface area contributed by atoms with Gasteiger partial charge in [-0.05, 0) is 31.7 Å². The summed E-state index contributed by atoms with van der Waals surface area (Å²) in [7, 11) is 0. The molecule has 1 unspecified atom stereocenters. The molecule has 0 aromatic heterocycles. The van der Waals surface area contributed by atoms with Gasteiger partial charge >= 0.3 is 0 Å². The zero-order chi connectivity index (χ0) is 14.0. The minimum absolute atomic E-state index is 0.0348. The van der Waals surface area contributed by atoms with Crippen molar-refractivity contribution in [2.45, 2.75) is 19.9 Å². The molecule has 1 aliphatic rings. The Morgan fingerprint density at radius 3 is 2.79 bits per heavy atom. The zero-order valence-electron chi connectivity index (χ0n) is 11.4. The molecule has 1 atom stereocenters. The molecule has 1 aliphatic heterocycles. The molecule has 1 heterocycles. The fraction of sp³-hybridized carbons (Fsp3) is 0.500. The van der Waals surface area contributed by atoms with E-state index in [2.05, 4.69) is 34.7 Å². The maximum atomic E-state index is 12.5. The highest BCUT2D eigenvalue weighted by Gasteiger charge is 2.27. The lowest BCUT2D eigenvalue weighted by Gasteiger charge is -2.39. The van der Waals surface area contributed by atoms with Gasteiger partial charge in [0.1, 0.15) is 0 Å². The van der Waals surface area contributed by atoms with Crippen LogP contribution in [-0.4, -0.2) is 47.9 Å². The maximum Gasteiger partial charge on any atom is 0.256 e. The second kappa shape index (κ2) is 5.92. The summed E-state index contributed by atoms with van der Waals surface area (Å²) in [6, 6.07) is 5.83. The standard InChI is InChI=1S/C14H20BrN3O/c1-3-17-6-7-18(9-10(17)2)14(19)12-5-4-11(15)8-13(12)16/h4-5,8,10H,3,6-7,9,16H2,1-2H3. The first-order valence-corrected chi connectivity index (χ1v) is 7.40. The number of hydrogen-bond donors (Lipinski definition) is 1. The monoisotopic (exact) mass is 325 g/mol. The number of anilines is 1.